The van der Waals surface area contributed by atoms with Crippen molar-refractivity contribution >= 4 is 11.3 Å². The molecule has 0 bridgehead atoms. The molecule has 0 aliphatic carbocycles. The maximum atomic E-state index is 6.07. The molecular formula is C19H15N3. The summed E-state index contributed by atoms with van der Waals surface area (Å²) in [5.41, 5.74) is 12.1. The maximum Gasteiger partial charge on any atom is 0.137 e. The number of anilines is 1. The molecule has 0 fully saturated rings. The summed E-state index contributed by atoms with van der Waals surface area (Å²) in [5, 5.41) is 0. The number of fused-ring (bicyclic) bond motifs is 1. The minimum atomic E-state index is 0.779. The molecule has 0 amide bonds. The summed E-state index contributed by atoms with van der Waals surface area (Å²) in [6.07, 6.45) is 3.95. The first-order valence-electron chi connectivity index (χ1n) is 7.20. The Morgan fingerprint density at radius 1 is 0.818 bits per heavy atom. The van der Waals surface area contributed by atoms with Gasteiger partial charge in [0.15, 0.2) is 0 Å². The zero-order chi connectivity index (χ0) is 14.9. The number of imidazole rings is 1. The van der Waals surface area contributed by atoms with Crippen LogP contribution < -0.4 is 5.73 Å². The molecule has 3 nitrogen and oxygen atoms in total. The van der Waals surface area contributed by atoms with Gasteiger partial charge in [-0.1, -0.05) is 48.5 Å². The van der Waals surface area contributed by atoms with Crippen molar-refractivity contribution in [3.63, 3.8) is 0 Å². The largest absolute Gasteiger partial charge is 0.398 e. The van der Waals surface area contributed by atoms with Gasteiger partial charge in [-0.3, -0.25) is 4.40 Å². The third-order valence-corrected chi connectivity index (χ3v) is 3.85. The average molecular weight is 285 g/mol. The summed E-state index contributed by atoms with van der Waals surface area (Å²) in [4.78, 5) is 4.53. The van der Waals surface area contributed by atoms with E-state index in [4.69, 9.17) is 5.73 Å². The predicted molar refractivity (Wildman–Crippen MR) is 90.5 cm³/mol. The average Bonchev–Trinajstić information content (AvgIpc) is 2.99. The highest BCUT2D eigenvalue weighted by molar-refractivity contribution is 5.78. The van der Waals surface area contributed by atoms with E-state index in [1.807, 2.05) is 54.9 Å². The second-order valence-corrected chi connectivity index (χ2v) is 5.24. The van der Waals surface area contributed by atoms with E-state index in [2.05, 4.69) is 33.7 Å². The Bertz CT molecular complexity index is 939. The lowest BCUT2D eigenvalue weighted by atomic mass is 10.1. The Morgan fingerprint density at radius 2 is 1.59 bits per heavy atom. The number of para-hydroxylation sites is 1. The van der Waals surface area contributed by atoms with Gasteiger partial charge in [-0.15, -0.1) is 0 Å². The Hall–Kier alpha value is -3.07. The lowest BCUT2D eigenvalue weighted by molar-refractivity contribution is 1.19. The Labute approximate surface area is 128 Å². The molecule has 2 heterocycles. The molecule has 22 heavy (non-hydrogen) atoms. The van der Waals surface area contributed by atoms with Crippen molar-refractivity contribution in [1.29, 1.82) is 0 Å². The number of rotatable bonds is 2. The van der Waals surface area contributed by atoms with Gasteiger partial charge in [0.1, 0.15) is 5.65 Å². The third kappa shape index (κ3) is 2.04. The molecule has 0 radical (unpaired) electrons. The number of nitrogens with two attached hydrogens (primary N) is 1. The molecule has 0 aliphatic rings. The van der Waals surface area contributed by atoms with Crippen LogP contribution in [0.1, 0.15) is 0 Å². The van der Waals surface area contributed by atoms with Crippen molar-refractivity contribution in [2.24, 2.45) is 0 Å². The topological polar surface area (TPSA) is 43.3 Å². The Kier molecular flexibility index (Phi) is 2.90. The first kappa shape index (κ1) is 12.7. The fourth-order valence-electron chi connectivity index (χ4n) is 2.73. The smallest absolute Gasteiger partial charge is 0.137 e. The van der Waals surface area contributed by atoms with Crippen molar-refractivity contribution in [1.82, 2.24) is 9.38 Å². The maximum absolute atomic E-state index is 6.07. The molecule has 2 N–H and O–H groups in total. The Morgan fingerprint density at radius 3 is 2.41 bits per heavy atom. The highest BCUT2D eigenvalue weighted by atomic mass is 15.0. The summed E-state index contributed by atoms with van der Waals surface area (Å²) in [7, 11) is 0. The van der Waals surface area contributed by atoms with Gasteiger partial charge in [0.25, 0.3) is 0 Å². The number of nitrogens with zero attached hydrogens (tertiary/aromatic N) is 2. The molecule has 0 unspecified atom stereocenters. The summed E-state index contributed by atoms with van der Waals surface area (Å²) in [6, 6.07) is 22.3. The number of nitrogen functional groups attached to an aromatic ring is 1. The van der Waals surface area contributed by atoms with Crippen LogP contribution in [-0.4, -0.2) is 9.38 Å². The van der Waals surface area contributed by atoms with Crippen molar-refractivity contribution in [3.8, 4) is 22.4 Å². The standard InChI is InChI=1S/C19H15N3/c20-17-9-5-4-8-16(17)15-10-11-22-18(13-21-19(22)12-15)14-6-2-1-3-7-14/h1-13H,20H2. The van der Waals surface area contributed by atoms with Crippen molar-refractivity contribution in [2.75, 3.05) is 5.73 Å². The second-order valence-electron chi connectivity index (χ2n) is 5.24. The van der Waals surface area contributed by atoms with E-state index in [1.54, 1.807) is 0 Å². The van der Waals surface area contributed by atoms with Gasteiger partial charge in [-0.2, -0.15) is 0 Å². The highest BCUT2D eigenvalue weighted by Crippen LogP contribution is 2.28. The molecule has 106 valence electrons. The van der Waals surface area contributed by atoms with Crippen LogP contribution in [0, 0.1) is 0 Å². The lowest BCUT2D eigenvalue weighted by Crippen LogP contribution is -1.92. The highest BCUT2D eigenvalue weighted by Gasteiger charge is 2.08. The van der Waals surface area contributed by atoms with Gasteiger partial charge < -0.3 is 5.73 Å². The number of pyridine rings is 1. The fourth-order valence-corrected chi connectivity index (χ4v) is 2.73. The summed E-state index contributed by atoms with van der Waals surface area (Å²) in [5.74, 6) is 0. The molecule has 0 saturated heterocycles. The molecule has 0 saturated carbocycles. The monoisotopic (exact) mass is 285 g/mol. The van der Waals surface area contributed by atoms with Gasteiger partial charge in [0.2, 0.25) is 0 Å². The van der Waals surface area contributed by atoms with E-state index in [0.29, 0.717) is 0 Å². The number of hydrogen-bond acceptors (Lipinski definition) is 2. The van der Waals surface area contributed by atoms with Gasteiger partial charge in [0, 0.05) is 23.0 Å². The minimum Gasteiger partial charge on any atom is -0.398 e. The molecule has 4 rings (SSSR count). The van der Waals surface area contributed by atoms with Crippen molar-refractivity contribution < 1.29 is 0 Å². The van der Waals surface area contributed by atoms with Crippen LogP contribution in [0.3, 0.4) is 0 Å². The van der Waals surface area contributed by atoms with Gasteiger partial charge >= 0.3 is 0 Å². The van der Waals surface area contributed by atoms with Crippen LogP contribution in [0.25, 0.3) is 28.0 Å². The van der Waals surface area contributed by atoms with E-state index < -0.39 is 0 Å². The van der Waals surface area contributed by atoms with Gasteiger partial charge in [-0.05, 0) is 23.8 Å². The summed E-state index contributed by atoms with van der Waals surface area (Å²) < 4.78 is 2.10. The zero-order valence-corrected chi connectivity index (χ0v) is 12.0. The summed E-state index contributed by atoms with van der Waals surface area (Å²) >= 11 is 0. The van der Waals surface area contributed by atoms with Crippen LogP contribution >= 0.6 is 0 Å². The quantitative estimate of drug-likeness (QED) is 0.559. The zero-order valence-electron chi connectivity index (χ0n) is 12.0. The Balaban J connectivity index is 1.86. The normalized spacial score (nSPS) is 10.9. The van der Waals surface area contributed by atoms with Crippen LogP contribution in [0.15, 0.2) is 79.1 Å². The SMILES string of the molecule is Nc1ccccc1-c1ccn2c(-c3ccccc3)cnc2c1. The lowest BCUT2D eigenvalue weighted by Gasteiger charge is -2.07. The summed E-state index contributed by atoms with van der Waals surface area (Å²) in [6.45, 7) is 0. The molecular weight excluding hydrogens is 270 g/mol. The number of benzene rings is 2. The molecule has 0 atom stereocenters. The van der Waals surface area contributed by atoms with Crippen LogP contribution in [0.2, 0.25) is 0 Å². The number of hydrogen-bond donors (Lipinski definition) is 1. The molecule has 3 heteroatoms. The molecule has 2 aromatic carbocycles. The van der Waals surface area contributed by atoms with E-state index >= 15 is 0 Å². The number of aromatic nitrogens is 2. The molecule has 2 aromatic heterocycles. The van der Waals surface area contributed by atoms with E-state index in [0.717, 1.165) is 33.7 Å². The first-order chi connectivity index (χ1) is 10.8. The molecule has 4 aromatic rings. The van der Waals surface area contributed by atoms with Crippen LogP contribution in [0.5, 0.6) is 0 Å². The predicted octanol–water partition coefficient (Wildman–Crippen LogP) is 4.25. The molecule has 0 aliphatic heterocycles. The first-order valence-corrected chi connectivity index (χ1v) is 7.20. The molecule has 0 spiro atoms. The second kappa shape index (κ2) is 5.04. The van der Waals surface area contributed by atoms with Crippen LogP contribution in [0.4, 0.5) is 5.69 Å². The van der Waals surface area contributed by atoms with Gasteiger partial charge in [0.05, 0.1) is 11.9 Å². The van der Waals surface area contributed by atoms with Crippen molar-refractivity contribution in [3.05, 3.63) is 79.1 Å². The third-order valence-electron chi connectivity index (χ3n) is 3.85. The van der Waals surface area contributed by atoms with Crippen molar-refractivity contribution in [2.45, 2.75) is 0 Å². The van der Waals surface area contributed by atoms with E-state index in [9.17, 15) is 0 Å². The van der Waals surface area contributed by atoms with Gasteiger partial charge in [-0.25, -0.2) is 4.98 Å². The van der Waals surface area contributed by atoms with Crippen LogP contribution in [-0.2, 0) is 0 Å². The van der Waals surface area contributed by atoms with E-state index in [1.165, 1.54) is 0 Å². The fraction of sp³-hybridized carbons (Fsp3) is 0. The minimum absolute atomic E-state index is 0.779. The van der Waals surface area contributed by atoms with E-state index in [-0.39, 0.29) is 0 Å².